The first-order valence-electron chi connectivity index (χ1n) is 6.10. The molecule has 0 atom stereocenters. The second-order valence-electron chi connectivity index (χ2n) is 4.66. The fraction of sp³-hybridized carbons (Fsp3) is 0.0667. The summed E-state index contributed by atoms with van der Waals surface area (Å²) in [5, 5.41) is 0.0882. The molecule has 3 aromatic rings. The Bertz CT molecular complexity index is 921. The van der Waals surface area contributed by atoms with Crippen molar-refractivity contribution < 1.29 is 8.78 Å². The van der Waals surface area contributed by atoms with E-state index in [0.717, 1.165) is 22.4 Å². The number of benzene rings is 1. The van der Waals surface area contributed by atoms with Gasteiger partial charge in [0.15, 0.2) is 0 Å². The van der Waals surface area contributed by atoms with Crippen LogP contribution in [0.1, 0.15) is 5.56 Å². The Morgan fingerprint density at radius 3 is 2.76 bits per heavy atom. The van der Waals surface area contributed by atoms with Crippen LogP contribution in [0.25, 0.3) is 16.6 Å². The summed E-state index contributed by atoms with van der Waals surface area (Å²) in [6.07, 6.45) is 2.47. The van der Waals surface area contributed by atoms with Crippen LogP contribution in [0.15, 0.2) is 45.9 Å². The summed E-state index contributed by atoms with van der Waals surface area (Å²) in [5.74, 6) is -1.15. The first-order chi connectivity index (χ1) is 9.97. The molecule has 0 saturated heterocycles. The molecule has 0 unspecified atom stereocenters. The van der Waals surface area contributed by atoms with Crippen molar-refractivity contribution in [3.05, 3.63) is 68.7 Å². The average molecular weight is 351 g/mol. The Labute approximate surface area is 127 Å². The normalized spacial score (nSPS) is 11.0. The van der Waals surface area contributed by atoms with Gasteiger partial charge in [-0.25, -0.2) is 8.78 Å². The Morgan fingerprint density at radius 1 is 1.24 bits per heavy atom. The van der Waals surface area contributed by atoms with E-state index in [1.165, 1.54) is 12.3 Å². The molecule has 0 aliphatic carbocycles. The van der Waals surface area contributed by atoms with Gasteiger partial charge in [0.1, 0.15) is 11.6 Å². The molecule has 0 aliphatic rings. The van der Waals surface area contributed by atoms with E-state index in [1.807, 2.05) is 0 Å². The van der Waals surface area contributed by atoms with Crippen LogP contribution >= 0.6 is 15.9 Å². The molecule has 0 amide bonds. The SMILES string of the molecule is Cc1ccc(F)c(-n2cc(Br)c3ncc(F)cc3c2=O)c1. The van der Waals surface area contributed by atoms with Crippen molar-refractivity contribution in [1.82, 2.24) is 9.55 Å². The van der Waals surface area contributed by atoms with Crippen molar-refractivity contribution in [2.45, 2.75) is 6.92 Å². The Kier molecular flexibility index (Phi) is 3.33. The lowest BCUT2D eigenvalue weighted by Gasteiger charge is -2.10. The lowest BCUT2D eigenvalue weighted by atomic mass is 10.2. The maximum absolute atomic E-state index is 14.0. The first-order valence-corrected chi connectivity index (χ1v) is 6.89. The van der Waals surface area contributed by atoms with Crippen LogP contribution in [-0.2, 0) is 0 Å². The fourth-order valence-electron chi connectivity index (χ4n) is 2.14. The van der Waals surface area contributed by atoms with Gasteiger partial charge in [-0.05, 0) is 46.6 Å². The lowest BCUT2D eigenvalue weighted by molar-refractivity contribution is 0.615. The monoisotopic (exact) mass is 350 g/mol. The molecular weight excluding hydrogens is 342 g/mol. The summed E-state index contributed by atoms with van der Waals surface area (Å²) < 4.78 is 28.9. The summed E-state index contributed by atoms with van der Waals surface area (Å²) in [6.45, 7) is 1.80. The number of hydrogen-bond donors (Lipinski definition) is 0. The highest BCUT2D eigenvalue weighted by Gasteiger charge is 2.13. The molecule has 0 radical (unpaired) electrons. The molecular formula is C15H9BrF2N2O. The Balaban J connectivity index is 2.41. The van der Waals surface area contributed by atoms with Gasteiger partial charge < -0.3 is 0 Å². The van der Waals surface area contributed by atoms with Crippen molar-refractivity contribution in [2.75, 3.05) is 0 Å². The van der Waals surface area contributed by atoms with Gasteiger partial charge in [-0.3, -0.25) is 14.3 Å². The number of fused-ring (bicyclic) bond motifs is 1. The number of aryl methyl sites for hydroxylation is 1. The zero-order valence-electron chi connectivity index (χ0n) is 10.9. The molecule has 0 spiro atoms. The average Bonchev–Trinajstić information content (AvgIpc) is 2.45. The number of hydrogen-bond acceptors (Lipinski definition) is 2. The molecule has 2 aromatic heterocycles. The van der Waals surface area contributed by atoms with Crippen molar-refractivity contribution in [3.63, 3.8) is 0 Å². The molecule has 3 nitrogen and oxygen atoms in total. The van der Waals surface area contributed by atoms with E-state index in [4.69, 9.17) is 0 Å². The first kappa shape index (κ1) is 13.9. The summed E-state index contributed by atoms with van der Waals surface area (Å²) in [6, 6.07) is 5.56. The molecule has 0 N–H and O–H groups in total. The highest BCUT2D eigenvalue weighted by molar-refractivity contribution is 9.10. The molecule has 21 heavy (non-hydrogen) atoms. The van der Waals surface area contributed by atoms with Gasteiger partial charge in [-0.2, -0.15) is 0 Å². The van der Waals surface area contributed by atoms with E-state index >= 15 is 0 Å². The number of halogens is 3. The molecule has 106 valence electrons. The van der Waals surface area contributed by atoms with Gasteiger partial charge in [0.2, 0.25) is 0 Å². The van der Waals surface area contributed by atoms with Gasteiger partial charge in [-0.15, -0.1) is 0 Å². The topological polar surface area (TPSA) is 34.9 Å². The van der Waals surface area contributed by atoms with E-state index in [2.05, 4.69) is 20.9 Å². The highest BCUT2D eigenvalue weighted by Crippen LogP contribution is 2.22. The van der Waals surface area contributed by atoms with E-state index in [0.29, 0.717) is 9.99 Å². The second-order valence-corrected chi connectivity index (χ2v) is 5.51. The van der Waals surface area contributed by atoms with Crippen LogP contribution in [-0.4, -0.2) is 9.55 Å². The zero-order chi connectivity index (χ0) is 15.1. The van der Waals surface area contributed by atoms with Gasteiger partial charge in [0.05, 0.1) is 27.3 Å². The molecule has 2 heterocycles. The van der Waals surface area contributed by atoms with Crippen LogP contribution in [0, 0.1) is 18.6 Å². The standard InChI is InChI=1S/C15H9BrF2N2O/c1-8-2-3-12(18)13(4-8)20-7-11(16)14-10(15(20)21)5-9(17)6-19-14/h2-7H,1H3. The zero-order valence-corrected chi connectivity index (χ0v) is 12.5. The van der Waals surface area contributed by atoms with Crippen molar-refractivity contribution in [1.29, 1.82) is 0 Å². The summed E-state index contributed by atoms with van der Waals surface area (Å²) in [4.78, 5) is 16.4. The van der Waals surface area contributed by atoms with E-state index in [9.17, 15) is 13.6 Å². The van der Waals surface area contributed by atoms with Gasteiger partial charge >= 0.3 is 0 Å². The predicted molar refractivity (Wildman–Crippen MR) is 79.7 cm³/mol. The van der Waals surface area contributed by atoms with Crippen LogP contribution in [0.4, 0.5) is 8.78 Å². The second kappa shape index (κ2) is 5.04. The Hall–Kier alpha value is -2.08. The highest BCUT2D eigenvalue weighted by atomic mass is 79.9. The van der Waals surface area contributed by atoms with Gasteiger partial charge in [-0.1, -0.05) is 6.07 Å². The van der Waals surface area contributed by atoms with Crippen LogP contribution in [0.2, 0.25) is 0 Å². The van der Waals surface area contributed by atoms with Crippen molar-refractivity contribution in [2.24, 2.45) is 0 Å². The summed E-state index contributed by atoms with van der Waals surface area (Å²) in [5.41, 5.74) is 0.745. The largest absolute Gasteiger partial charge is 0.280 e. The lowest BCUT2D eigenvalue weighted by Crippen LogP contribution is -2.20. The van der Waals surface area contributed by atoms with Crippen molar-refractivity contribution in [3.8, 4) is 5.69 Å². The number of aromatic nitrogens is 2. The number of nitrogens with zero attached hydrogens (tertiary/aromatic N) is 2. The molecule has 1 aromatic carbocycles. The Morgan fingerprint density at radius 2 is 2.00 bits per heavy atom. The van der Waals surface area contributed by atoms with Crippen LogP contribution < -0.4 is 5.56 Å². The molecule has 3 rings (SSSR count). The third-order valence-electron chi connectivity index (χ3n) is 3.13. The smallest absolute Gasteiger partial charge is 0.264 e. The molecule has 0 fully saturated rings. The van der Waals surface area contributed by atoms with E-state index < -0.39 is 17.2 Å². The molecule has 0 aliphatic heterocycles. The van der Waals surface area contributed by atoms with Gasteiger partial charge in [0, 0.05) is 6.20 Å². The third-order valence-corrected chi connectivity index (χ3v) is 3.71. The third kappa shape index (κ3) is 2.35. The summed E-state index contributed by atoms with van der Waals surface area (Å²) in [7, 11) is 0. The number of rotatable bonds is 1. The van der Waals surface area contributed by atoms with Crippen LogP contribution in [0.3, 0.4) is 0 Å². The molecule has 0 saturated carbocycles. The predicted octanol–water partition coefficient (Wildman–Crippen LogP) is 3.73. The summed E-state index contributed by atoms with van der Waals surface area (Å²) >= 11 is 3.28. The number of pyridine rings is 2. The molecule has 6 heteroatoms. The van der Waals surface area contributed by atoms with Crippen LogP contribution in [0.5, 0.6) is 0 Å². The minimum atomic E-state index is -0.617. The minimum Gasteiger partial charge on any atom is -0.280 e. The maximum atomic E-state index is 14.0. The van der Waals surface area contributed by atoms with Gasteiger partial charge in [0.25, 0.3) is 5.56 Å². The van der Waals surface area contributed by atoms with E-state index in [-0.39, 0.29) is 11.1 Å². The van der Waals surface area contributed by atoms with Crippen molar-refractivity contribution >= 4 is 26.8 Å². The quantitative estimate of drug-likeness (QED) is 0.670. The molecule has 0 bridgehead atoms. The minimum absolute atomic E-state index is 0.0882. The maximum Gasteiger partial charge on any atom is 0.264 e. The van der Waals surface area contributed by atoms with E-state index in [1.54, 1.807) is 19.1 Å². The fourth-order valence-corrected chi connectivity index (χ4v) is 2.66.